The minimum Gasteiger partial charge on any atom is -0.479 e. The first kappa shape index (κ1) is 13.1. The molecule has 0 bridgehead atoms. The summed E-state index contributed by atoms with van der Waals surface area (Å²) < 4.78 is 62.6. The molecule has 3 nitrogen and oxygen atoms in total. The van der Waals surface area contributed by atoms with E-state index < -0.39 is 30.8 Å². The normalized spacial score (nSPS) is 15.3. The molecular formula is C6H7F5O3. The van der Waals surface area contributed by atoms with Crippen LogP contribution in [0.2, 0.25) is 0 Å². The summed E-state index contributed by atoms with van der Waals surface area (Å²) in [7, 11) is 0. The summed E-state index contributed by atoms with van der Waals surface area (Å²) in [5.74, 6) is -6.64. The van der Waals surface area contributed by atoms with Crippen molar-refractivity contribution in [2.45, 2.75) is 25.1 Å². The van der Waals surface area contributed by atoms with Gasteiger partial charge in [-0.05, 0) is 6.92 Å². The van der Waals surface area contributed by atoms with Gasteiger partial charge in [-0.25, -0.2) is 4.79 Å². The Kier molecular flexibility index (Phi) is 3.81. The lowest BCUT2D eigenvalue weighted by Crippen LogP contribution is -2.42. The van der Waals surface area contributed by atoms with E-state index in [0.717, 1.165) is 6.92 Å². The molecule has 0 amide bonds. The number of carboxylic acids is 1. The molecule has 0 aliphatic rings. The maximum atomic E-state index is 12.1. The third kappa shape index (κ3) is 3.44. The van der Waals surface area contributed by atoms with Crippen LogP contribution in [0.5, 0.6) is 0 Å². The molecule has 14 heavy (non-hydrogen) atoms. The number of hydrogen-bond acceptors (Lipinski definition) is 2. The van der Waals surface area contributed by atoms with Crippen LogP contribution in [0.3, 0.4) is 0 Å². The fraction of sp³-hybridized carbons (Fsp3) is 0.833. The summed E-state index contributed by atoms with van der Waals surface area (Å²) in [4.78, 5) is 10.0. The lowest BCUT2D eigenvalue weighted by molar-refractivity contribution is -0.299. The second kappa shape index (κ2) is 4.07. The molecule has 0 saturated carbocycles. The van der Waals surface area contributed by atoms with E-state index in [9.17, 15) is 26.7 Å². The van der Waals surface area contributed by atoms with Crippen molar-refractivity contribution >= 4 is 5.97 Å². The van der Waals surface area contributed by atoms with Crippen molar-refractivity contribution in [3.8, 4) is 0 Å². The third-order valence-corrected chi connectivity index (χ3v) is 1.28. The highest BCUT2D eigenvalue weighted by Crippen LogP contribution is 2.35. The summed E-state index contributed by atoms with van der Waals surface area (Å²) in [6, 6.07) is 0. The molecule has 0 fully saturated rings. The average Bonchev–Trinajstić information content (AvgIpc) is 1.97. The van der Waals surface area contributed by atoms with E-state index in [4.69, 9.17) is 5.11 Å². The van der Waals surface area contributed by atoms with Crippen molar-refractivity contribution in [3.05, 3.63) is 0 Å². The van der Waals surface area contributed by atoms with Gasteiger partial charge in [0.25, 0.3) is 0 Å². The first-order chi connectivity index (χ1) is 6.08. The van der Waals surface area contributed by atoms with E-state index in [1.165, 1.54) is 0 Å². The van der Waals surface area contributed by atoms with Gasteiger partial charge >= 0.3 is 18.1 Å². The van der Waals surface area contributed by atoms with Gasteiger partial charge in [0.1, 0.15) is 6.61 Å². The van der Waals surface area contributed by atoms with Crippen molar-refractivity contribution in [1.82, 2.24) is 0 Å². The molecule has 0 aromatic carbocycles. The average molecular weight is 222 g/mol. The molecule has 0 saturated heterocycles. The Morgan fingerprint density at radius 1 is 1.36 bits per heavy atom. The van der Waals surface area contributed by atoms with Gasteiger partial charge in [-0.3, -0.25) is 0 Å². The Hall–Kier alpha value is -0.920. The predicted octanol–water partition coefficient (Wildman–Crippen LogP) is 1.67. The summed E-state index contributed by atoms with van der Waals surface area (Å²) in [5, 5.41) is 8.13. The molecule has 1 N–H and O–H groups in total. The second-order valence-electron chi connectivity index (χ2n) is 2.49. The highest BCUT2D eigenvalue weighted by molar-refractivity contribution is 5.71. The quantitative estimate of drug-likeness (QED) is 0.736. The van der Waals surface area contributed by atoms with Crippen molar-refractivity contribution in [2.24, 2.45) is 0 Å². The summed E-state index contributed by atoms with van der Waals surface area (Å²) >= 11 is 0. The molecule has 0 unspecified atom stereocenters. The Morgan fingerprint density at radius 3 is 2.07 bits per heavy atom. The number of ether oxygens (including phenoxy) is 1. The van der Waals surface area contributed by atoms with Crippen molar-refractivity contribution < 1.29 is 36.6 Å². The molecule has 0 heterocycles. The molecule has 0 radical (unpaired) electrons. The first-order valence-corrected chi connectivity index (χ1v) is 3.37. The summed E-state index contributed by atoms with van der Waals surface area (Å²) in [5.41, 5.74) is 0. The molecule has 0 spiro atoms. The van der Waals surface area contributed by atoms with Gasteiger partial charge in [-0.2, -0.15) is 22.0 Å². The van der Waals surface area contributed by atoms with Crippen LogP contribution in [-0.2, 0) is 9.53 Å². The highest BCUT2D eigenvalue weighted by Gasteiger charge is 2.57. The number of halogens is 5. The van der Waals surface area contributed by atoms with Crippen LogP contribution in [0.4, 0.5) is 22.0 Å². The molecule has 0 aromatic rings. The minimum absolute atomic E-state index is 0.856. The van der Waals surface area contributed by atoms with E-state index in [-0.39, 0.29) is 0 Å². The largest absolute Gasteiger partial charge is 0.479 e. The Balaban J connectivity index is 4.20. The number of carbonyl (C=O) groups is 1. The molecular weight excluding hydrogens is 215 g/mol. The van der Waals surface area contributed by atoms with E-state index >= 15 is 0 Å². The molecule has 0 aromatic heterocycles. The fourth-order valence-electron chi connectivity index (χ4n) is 0.383. The SMILES string of the molecule is C[C@@H](OCC(F)(F)C(F)(F)F)C(=O)O. The second-order valence-corrected chi connectivity index (χ2v) is 2.49. The number of aliphatic carboxylic acids is 1. The van der Waals surface area contributed by atoms with Gasteiger partial charge in [0, 0.05) is 0 Å². The maximum absolute atomic E-state index is 12.1. The highest BCUT2D eigenvalue weighted by atomic mass is 19.4. The summed E-state index contributed by atoms with van der Waals surface area (Å²) in [6.45, 7) is -1.14. The standard InChI is InChI=1S/C6H7F5O3/c1-3(4(12)13)14-2-5(7,8)6(9,10)11/h3H,2H2,1H3,(H,12,13)/t3-/m1/s1. The van der Waals surface area contributed by atoms with Crippen molar-refractivity contribution in [2.75, 3.05) is 6.61 Å². The van der Waals surface area contributed by atoms with Gasteiger partial charge in [0.15, 0.2) is 6.10 Å². The minimum atomic E-state index is -5.73. The Labute approximate surface area is 75.5 Å². The molecule has 0 rings (SSSR count). The Morgan fingerprint density at radius 2 is 1.79 bits per heavy atom. The van der Waals surface area contributed by atoms with Gasteiger partial charge in [0.2, 0.25) is 0 Å². The van der Waals surface area contributed by atoms with Crippen LogP contribution in [0.1, 0.15) is 6.92 Å². The Bertz CT molecular complexity index is 212. The molecule has 1 atom stereocenters. The summed E-state index contributed by atoms with van der Waals surface area (Å²) in [6.07, 6.45) is -7.44. The van der Waals surface area contributed by atoms with Gasteiger partial charge in [0.05, 0.1) is 0 Å². The smallest absolute Gasteiger partial charge is 0.455 e. The number of hydrogen-bond donors (Lipinski definition) is 1. The van der Waals surface area contributed by atoms with E-state index in [1.54, 1.807) is 0 Å². The van der Waals surface area contributed by atoms with E-state index in [1.807, 2.05) is 0 Å². The zero-order valence-electron chi connectivity index (χ0n) is 6.94. The molecule has 0 aliphatic carbocycles. The maximum Gasteiger partial charge on any atom is 0.455 e. The van der Waals surface area contributed by atoms with Crippen LogP contribution >= 0.6 is 0 Å². The van der Waals surface area contributed by atoms with Crippen LogP contribution in [0.25, 0.3) is 0 Å². The lowest BCUT2D eigenvalue weighted by Gasteiger charge is -2.20. The monoisotopic (exact) mass is 222 g/mol. The third-order valence-electron chi connectivity index (χ3n) is 1.28. The fourth-order valence-corrected chi connectivity index (χ4v) is 0.383. The number of carboxylic acid groups (broad SMARTS) is 1. The topological polar surface area (TPSA) is 46.5 Å². The molecule has 8 heteroatoms. The van der Waals surface area contributed by atoms with Crippen LogP contribution in [0.15, 0.2) is 0 Å². The number of alkyl halides is 5. The van der Waals surface area contributed by atoms with Gasteiger partial charge in [-0.15, -0.1) is 0 Å². The van der Waals surface area contributed by atoms with Crippen LogP contribution < -0.4 is 0 Å². The predicted molar refractivity (Wildman–Crippen MR) is 34.1 cm³/mol. The van der Waals surface area contributed by atoms with Crippen molar-refractivity contribution in [3.63, 3.8) is 0 Å². The van der Waals surface area contributed by atoms with Crippen LogP contribution in [0, 0.1) is 0 Å². The van der Waals surface area contributed by atoms with Gasteiger partial charge < -0.3 is 9.84 Å². The van der Waals surface area contributed by atoms with E-state index in [0.29, 0.717) is 0 Å². The molecule has 84 valence electrons. The van der Waals surface area contributed by atoms with Gasteiger partial charge in [-0.1, -0.05) is 0 Å². The van der Waals surface area contributed by atoms with Crippen LogP contribution in [-0.4, -0.2) is 35.9 Å². The van der Waals surface area contributed by atoms with Crippen molar-refractivity contribution in [1.29, 1.82) is 0 Å². The van der Waals surface area contributed by atoms with E-state index in [2.05, 4.69) is 4.74 Å². The number of rotatable bonds is 4. The lowest BCUT2D eigenvalue weighted by atomic mass is 10.3. The molecule has 0 aliphatic heterocycles. The zero-order valence-corrected chi connectivity index (χ0v) is 6.94. The zero-order chi connectivity index (χ0) is 11.6. The first-order valence-electron chi connectivity index (χ1n) is 3.37.